The summed E-state index contributed by atoms with van der Waals surface area (Å²) in [6, 6.07) is 9.55. The molecule has 11 nitrogen and oxygen atoms in total. The van der Waals surface area contributed by atoms with Crippen molar-refractivity contribution in [2.24, 2.45) is 5.92 Å². The molecule has 1 aliphatic rings. The van der Waals surface area contributed by atoms with Crippen LogP contribution in [-0.4, -0.2) is 43.9 Å². The Morgan fingerprint density at radius 1 is 1.26 bits per heavy atom. The number of nitrogens with one attached hydrogen (secondary N) is 4. The van der Waals surface area contributed by atoms with Crippen molar-refractivity contribution < 1.29 is 18.7 Å². The number of benzene rings is 2. The van der Waals surface area contributed by atoms with Gasteiger partial charge in [0.1, 0.15) is 11.5 Å². The zero-order valence-electron chi connectivity index (χ0n) is 24.0. The summed E-state index contributed by atoms with van der Waals surface area (Å²) in [7, 11) is 1.51. The number of aromatic amines is 1. The van der Waals surface area contributed by atoms with Gasteiger partial charge in [0.2, 0.25) is 5.91 Å². The van der Waals surface area contributed by atoms with E-state index in [0.29, 0.717) is 47.3 Å². The zero-order chi connectivity index (χ0) is 30.7. The molecule has 1 aliphatic heterocycles. The van der Waals surface area contributed by atoms with Crippen molar-refractivity contribution in [3.05, 3.63) is 83.1 Å². The molecule has 0 spiro atoms. The van der Waals surface area contributed by atoms with E-state index in [-0.39, 0.29) is 28.2 Å². The Kier molecular flexibility index (Phi) is 8.76. The number of aromatic nitrogens is 5. The first-order valence-electron chi connectivity index (χ1n) is 13.8. The Labute approximate surface area is 252 Å². The molecule has 0 aliphatic carbocycles. The lowest BCUT2D eigenvalue weighted by molar-refractivity contribution is -0.117. The second kappa shape index (κ2) is 12.7. The van der Waals surface area contributed by atoms with Crippen molar-refractivity contribution in [1.82, 2.24) is 30.3 Å². The van der Waals surface area contributed by atoms with E-state index in [9.17, 15) is 14.0 Å². The lowest BCUT2D eigenvalue weighted by Gasteiger charge is -2.18. The first-order valence-corrected chi connectivity index (χ1v) is 14.2. The van der Waals surface area contributed by atoms with Crippen molar-refractivity contribution in [3.63, 3.8) is 0 Å². The van der Waals surface area contributed by atoms with Gasteiger partial charge in [-0.2, -0.15) is 0 Å². The number of ether oxygens (including phenoxy) is 1. The van der Waals surface area contributed by atoms with Gasteiger partial charge in [0.15, 0.2) is 17.4 Å². The van der Waals surface area contributed by atoms with Crippen molar-refractivity contribution in [2.75, 3.05) is 17.7 Å². The van der Waals surface area contributed by atoms with Gasteiger partial charge in [0, 0.05) is 17.7 Å². The molecule has 13 heteroatoms. The summed E-state index contributed by atoms with van der Waals surface area (Å²) >= 11 is 5.94. The van der Waals surface area contributed by atoms with Gasteiger partial charge < -0.3 is 25.7 Å². The van der Waals surface area contributed by atoms with Crippen LogP contribution in [0.15, 0.2) is 55.1 Å². The number of halogens is 2. The van der Waals surface area contributed by atoms with Crippen LogP contribution < -0.4 is 16.0 Å². The van der Waals surface area contributed by atoms with E-state index in [1.807, 2.05) is 19.1 Å². The molecule has 2 aromatic heterocycles. The van der Waals surface area contributed by atoms with Crippen molar-refractivity contribution >= 4 is 34.8 Å². The van der Waals surface area contributed by atoms with E-state index in [4.69, 9.17) is 16.3 Å². The molecule has 3 heterocycles. The first-order chi connectivity index (χ1) is 20.6. The standard InChI is InChI=1S/C30H32ClFN8O3/c1-16-7-5-9-22(37-30(42)28-17(2)40(39-38-28)25-10-6-8-21(31)27(25)32)29-33-15-24(36-29)20-12-11-19(34-18(3)43-4)14-23(20)35-26(41)13-16/h6,8,10-12,14-16,22,34H,3,5,7,9,13H2,1-2,4H3,(H,33,36)(H,35,41)(H,37,42)/t16-,22+/m1/s1. The fourth-order valence-corrected chi connectivity index (χ4v) is 5.21. The maximum atomic E-state index is 14.7. The Hall–Kier alpha value is -4.71. The molecule has 224 valence electrons. The molecule has 43 heavy (non-hydrogen) atoms. The highest BCUT2D eigenvalue weighted by Crippen LogP contribution is 2.33. The molecule has 0 fully saturated rings. The minimum absolute atomic E-state index is 0.0558. The molecule has 5 rings (SSSR count). The van der Waals surface area contributed by atoms with Gasteiger partial charge in [-0.15, -0.1) is 5.10 Å². The summed E-state index contributed by atoms with van der Waals surface area (Å²) in [6.45, 7) is 7.45. The van der Waals surface area contributed by atoms with Crippen LogP contribution in [0.5, 0.6) is 0 Å². The smallest absolute Gasteiger partial charge is 0.274 e. The average Bonchev–Trinajstić information content (AvgIpc) is 3.61. The normalized spacial score (nSPS) is 17.0. The number of hydrogen-bond acceptors (Lipinski definition) is 7. The number of hydrogen-bond donors (Lipinski definition) is 4. The largest absolute Gasteiger partial charge is 0.483 e. The van der Waals surface area contributed by atoms with Gasteiger partial charge in [0.25, 0.3) is 5.91 Å². The lowest BCUT2D eigenvalue weighted by Crippen LogP contribution is -2.30. The minimum Gasteiger partial charge on any atom is -0.483 e. The number of fused-ring (bicyclic) bond motifs is 4. The molecule has 2 aromatic carbocycles. The van der Waals surface area contributed by atoms with Crippen LogP contribution in [0.1, 0.15) is 60.7 Å². The summed E-state index contributed by atoms with van der Waals surface area (Å²) in [4.78, 5) is 34.3. The quantitative estimate of drug-likeness (QED) is 0.200. The van der Waals surface area contributed by atoms with E-state index in [1.54, 1.807) is 25.3 Å². The van der Waals surface area contributed by atoms with Crippen molar-refractivity contribution in [2.45, 2.75) is 45.6 Å². The number of H-pyrrole nitrogens is 1. The molecule has 2 amide bonds. The number of anilines is 2. The fourth-order valence-electron chi connectivity index (χ4n) is 5.04. The highest BCUT2D eigenvalue weighted by atomic mass is 35.5. The van der Waals surface area contributed by atoms with Crippen molar-refractivity contribution in [1.29, 1.82) is 0 Å². The predicted molar refractivity (Wildman–Crippen MR) is 161 cm³/mol. The predicted octanol–water partition coefficient (Wildman–Crippen LogP) is 5.91. The molecule has 2 atom stereocenters. The van der Waals surface area contributed by atoms with Crippen LogP contribution in [0, 0.1) is 18.7 Å². The number of imidazole rings is 1. The minimum atomic E-state index is -0.656. The van der Waals surface area contributed by atoms with Crippen LogP contribution in [0.3, 0.4) is 0 Å². The Balaban J connectivity index is 1.45. The van der Waals surface area contributed by atoms with Gasteiger partial charge in [-0.25, -0.2) is 14.1 Å². The second-order valence-corrected chi connectivity index (χ2v) is 10.9. The Morgan fingerprint density at radius 2 is 2.07 bits per heavy atom. The van der Waals surface area contributed by atoms with E-state index >= 15 is 0 Å². The van der Waals surface area contributed by atoms with Crippen LogP contribution >= 0.6 is 11.6 Å². The number of methoxy groups -OCH3 is 1. The zero-order valence-corrected chi connectivity index (χ0v) is 24.8. The molecule has 0 saturated heterocycles. The number of carbonyl (C=O) groups excluding carboxylic acids is 2. The molecule has 4 N–H and O–H groups in total. The van der Waals surface area contributed by atoms with Crippen LogP contribution in [0.2, 0.25) is 5.02 Å². The lowest BCUT2D eigenvalue weighted by atomic mass is 9.97. The number of nitrogens with zero attached hydrogens (tertiary/aromatic N) is 4. The molecular formula is C30H32ClFN8O3. The second-order valence-electron chi connectivity index (χ2n) is 10.5. The van der Waals surface area contributed by atoms with Crippen molar-refractivity contribution in [3.8, 4) is 16.9 Å². The van der Waals surface area contributed by atoms with Crippen LogP contribution in [0.25, 0.3) is 16.9 Å². The maximum Gasteiger partial charge on any atom is 0.274 e. The summed E-state index contributed by atoms with van der Waals surface area (Å²) in [5.41, 5.74) is 3.16. The van der Waals surface area contributed by atoms with Gasteiger partial charge in [0.05, 0.1) is 41.4 Å². The number of carbonyl (C=O) groups is 2. The van der Waals surface area contributed by atoms with E-state index in [2.05, 4.69) is 42.8 Å². The average molecular weight is 607 g/mol. The third kappa shape index (κ3) is 6.54. The summed E-state index contributed by atoms with van der Waals surface area (Å²) < 4.78 is 21.0. The third-order valence-corrected chi connectivity index (χ3v) is 7.63. The van der Waals surface area contributed by atoms with E-state index < -0.39 is 17.8 Å². The summed E-state index contributed by atoms with van der Waals surface area (Å²) in [5.74, 6) is -0.214. The molecule has 0 unspecified atom stereocenters. The van der Waals surface area contributed by atoms with Gasteiger partial charge in [-0.05, 0) is 56.2 Å². The van der Waals surface area contributed by atoms with Gasteiger partial charge >= 0.3 is 0 Å². The van der Waals surface area contributed by atoms with E-state index in [1.165, 1.54) is 23.9 Å². The molecule has 0 radical (unpaired) electrons. The fraction of sp³-hybridized carbons (Fsp3) is 0.300. The number of amides is 2. The maximum absolute atomic E-state index is 14.7. The van der Waals surface area contributed by atoms with E-state index in [0.717, 1.165) is 18.4 Å². The molecule has 4 aromatic rings. The topological polar surface area (TPSA) is 139 Å². The van der Waals surface area contributed by atoms with Crippen LogP contribution in [-0.2, 0) is 9.53 Å². The first kappa shape index (κ1) is 29.8. The van der Waals surface area contributed by atoms with Gasteiger partial charge in [-0.1, -0.05) is 42.6 Å². The molecule has 2 bridgehead atoms. The molecular weight excluding hydrogens is 575 g/mol. The summed E-state index contributed by atoms with van der Waals surface area (Å²) in [5, 5.41) is 17.1. The number of rotatable bonds is 6. The molecule has 0 saturated carbocycles. The highest BCUT2D eigenvalue weighted by Gasteiger charge is 2.25. The summed E-state index contributed by atoms with van der Waals surface area (Å²) in [6.07, 6.45) is 4.07. The Bertz CT molecular complexity index is 1680. The monoisotopic (exact) mass is 606 g/mol. The SMILES string of the molecule is C=C(Nc1ccc2c(c1)NC(=O)C[C@H](C)CCC[C@H](NC(=O)c1nnn(-c3cccc(Cl)c3F)c1C)c1ncc-2[nH]1)OC. The Morgan fingerprint density at radius 3 is 2.86 bits per heavy atom. The third-order valence-electron chi connectivity index (χ3n) is 7.34. The van der Waals surface area contributed by atoms with Gasteiger partial charge in [-0.3, -0.25) is 9.59 Å². The highest BCUT2D eigenvalue weighted by molar-refractivity contribution is 6.30. The van der Waals surface area contributed by atoms with Crippen LogP contribution in [0.4, 0.5) is 15.8 Å².